The molecule has 3 nitrogen and oxygen atoms in total. The molecule has 2 heterocycles. The first-order chi connectivity index (χ1) is 6.84. The molecule has 3 N–H and O–H groups in total. The summed E-state index contributed by atoms with van der Waals surface area (Å²) in [5.41, 5.74) is 1.72. The van der Waals surface area contributed by atoms with Gasteiger partial charge in [-0.05, 0) is 23.9 Å². The quantitative estimate of drug-likeness (QED) is 0.506. The van der Waals surface area contributed by atoms with Gasteiger partial charge in [0.15, 0.2) is 0 Å². The first-order valence-electron chi connectivity index (χ1n) is 4.88. The Morgan fingerprint density at radius 2 is 2.20 bits per heavy atom. The minimum Gasteiger partial charge on any atom is -1.00 e. The third-order valence-electron chi connectivity index (χ3n) is 2.75. The van der Waals surface area contributed by atoms with Gasteiger partial charge >= 0.3 is 0 Å². The zero-order valence-electron chi connectivity index (χ0n) is 8.14. The van der Waals surface area contributed by atoms with E-state index in [-0.39, 0.29) is 18.5 Å². The van der Waals surface area contributed by atoms with Crippen molar-refractivity contribution in [3.05, 3.63) is 24.3 Å². The zero-order valence-corrected chi connectivity index (χ0v) is 9.71. The van der Waals surface area contributed by atoms with E-state index < -0.39 is 0 Å². The molecular formula is C10H13ClN2OS. The summed E-state index contributed by atoms with van der Waals surface area (Å²) in [4.78, 5) is 3.62. The van der Waals surface area contributed by atoms with Crippen LogP contribution in [0.25, 0.3) is 0 Å². The van der Waals surface area contributed by atoms with Crippen LogP contribution in [0.2, 0.25) is 0 Å². The number of fused-ring (bicyclic) bond motifs is 3. The lowest BCUT2D eigenvalue weighted by atomic mass is 10.2. The minimum absolute atomic E-state index is 0. The van der Waals surface area contributed by atoms with Crippen LogP contribution in [0.5, 0.6) is 0 Å². The number of hydrogen-bond donors (Lipinski definition) is 2. The standard InChI is InChI=1S/C10H12N2OS.ClH/c13-7-5-11-10-12(6-7)8-3-1-2-4-9(8)14-10;/h1-4,7,10-11,13H,5-6H2;1H. The van der Waals surface area contributed by atoms with E-state index >= 15 is 0 Å². The normalized spacial score (nSPS) is 27.9. The molecule has 5 heteroatoms. The molecule has 0 amide bonds. The van der Waals surface area contributed by atoms with Gasteiger partial charge in [-0.15, -0.1) is 0 Å². The molecule has 82 valence electrons. The fraction of sp³-hybridized carbons (Fsp3) is 0.400. The van der Waals surface area contributed by atoms with Crippen molar-refractivity contribution in [3.63, 3.8) is 0 Å². The Morgan fingerprint density at radius 3 is 3.07 bits per heavy atom. The summed E-state index contributed by atoms with van der Waals surface area (Å²) in [6.07, 6.45) is -0.196. The summed E-state index contributed by atoms with van der Waals surface area (Å²) in [5, 5.41) is 11.8. The van der Waals surface area contributed by atoms with Crippen molar-refractivity contribution in [1.82, 2.24) is 0 Å². The minimum atomic E-state index is -0.196. The molecule has 1 aromatic rings. The van der Waals surface area contributed by atoms with E-state index in [4.69, 9.17) is 0 Å². The number of halogens is 1. The number of rotatable bonds is 0. The molecule has 0 radical (unpaired) electrons. The van der Waals surface area contributed by atoms with E-state index in [1.54, 1.807) is 0 Å². The number of aliphatic hydroxyl groups excluding tert-OH is 1. The summed E-state index contributed by atoms with van der Waals surface area (Å²) in [7, 11) is 0. The molecular weight excluding hydrogens is 232 g/mol. The fourth-order valence-corrected chi connectivity index (χ4v) is 3.34. The molecule has 2 aliphatic heterocycles. The highest BCUT2D eigenvalue weighted by Crippen LogP contribution is 2.41. The van der Waals surface area contributed by atoms with E-state index in [1.165, 1.54) is 10.6 Å². The lowest BCUT2D eigenvalue weighted by Crippen LogP contribution is -3.00. The predicted octanol–water partition coefficient (Wildman–Crippen LogP) is -3.18. The second-order valence-electron chi connectivity index (χ2n) is 3.75. The van der Waals surface area contributed by atoms with Crippen LogP contribution in [0.15, 0.2) is 29.2 Å². The number of benzene rings is 1. The Labute approximate surface area is 99.3 Å². The molecule has 2 aliphatic rings. The van der Waals surface area contributed by atoms with Crippen LogP contribution in [-0.4, -0.2) is 29.8 Å². The van der Waals surface area contributed by atoms with Crippen molar-refractivity contribution in [2.75, 3.05) is 18.0 Å². The Morgan fingerprint density at radius 1 is 1.40 bits per heavy atom. The van der Waals surface area contributed by atoms with Crippen molar-refractivity contribution < 1.29 is 22.8 Å². The van der Waals surface area contributed by atoms with Crippen molar-refractivity contribution >= 4 is 17.4 Å². The first-order valence-corrected chi connectivity index (χ1v) is 5.76. The van der Waals surface area contributed by atoms with Crippen LogP contribution >= 0.6 is 11.8 Å². The van der Waals surface area contributed by atoms with Gasteiger partial charge in [0, 0.05) is 4.90 Å². The van der Waals surface area contributed by atoms with Crippen LogP contribution in [0.1, 0.15) is 0 Å². The molecule has 1 fully saturated rings. The zero-order chi connectivity index (χ0) is 9.54. The molecule has 0 saturated carbocycles. The highest BCUT2D eigenvalue weighted by atomic mass is 35.5. The Kier molecular flexibility index (Phi) is 3.11. The monoisotopic (exact) mass is 244 g/mol. The van der Waals surface area contributed by atoms with Gasteiger partial charge in [0.1, 0.15) is 12.6 Å². The molecule has 2 atom stereocenters. The first kappa shape index (κ1) is 11.1. The highest BCUT2D eigenvalue weighted by Gasteiger charge is 2.37. The van der Waals surface area contributed by atoms with Crippen molar-refractivity contribution in [1.29, 1.82) is 0 Å². The number of nitrogens with zero attached hydrogens (tertiary/aromatic N) is 1. The van der Waals surface area contributed by atoms with Gasteiger partial charge in [0.25, 0.3) is 0 Å². The summed E-state index contributed by atoms with van der Waals surface area (Å²) < 4.78 is 0. The van der Waals surface area contributed by atoms with E-state index in [1.807, 2.05) is 11.8 Å². The van der Waals surface area contributed by atoms with Gasteiger partial charge in [-0.3, -0.25) is 0 Å². The number of thioether (sulfide) groups is 1. The average molecular weight is 245 g/mol. The van der Waals surface area contributed by atoms with Crippen LogP contribution < -0.4 is 22.6 Å². The second kappa shape index (κ2) is 4.22. The third kappa shape index (κ3) is 1.83. The van der Waals surface area contributed by atoms with Crippen LogP contribution in [0.4, 0.5) is 5.69 Å². The maximum Gasteiger partial charge on any atom is 0.215 e. The Balaban J connectivity index is 0.000000853. The van der Waals surface area contributed by atoms with Gasteiger partial charge in [-0.25, -0.2) is 0 Å². The number of aliphatic hydroxyl groups is 1. The van der Waals surface area contributed by atoms with E-state index in [0.717, 1.165) is 13.1 Å². The maximum absolute atomic E-state index is 9.60. The van der Waals surface area contributed by atoms with E-state index in [9.17, 15) is 5.11 Å². The predicted molar refractivity (Wildman–Crippen MR) is 56.2 cm³/mol. The highest BCUT2D eigenvalue weighted by molar-refractivity contribution is 8.00. The summed E-state index contributed by atoms with van der Waals surface area (Å²) in [5.74, 6) is 0. The smallest absolute Gasteiger partial charge is 0.215 e. The third-order valence-corrected chi connectivity index (χ3v) is 4.03. The molecule has 3 rings (SSSR count). The second-order valence-corrected chi connectivity index (χ2v) is 4.91. The van der Waals surface area contributed by atoms with Crippen molar-refractivity contribution in [3.8, 4) is 0 Å². The van der Waals surface area contributed by atoms with Gasteiger partial charge in [-0.2, -0.15) is 0 Å². The van der Waals surface area contributed by atoms with Gasteiger partial charge < -0.3 is 27.7 Å². The van der Waals surface area contributed by atoms with Crippen LogP contribution in [-0.2, 0) is 0 Å². The topological polar surface area (TPSA) is 40.1 Å². The Hall–Kier alpha value is -0.420. The largest absolute Gasteiger partial charge is 1.00 e. The molecule has 1 saturated heterocycles. The average Bonchev–Trinajstić information content (AvgIpc) is 2.56. The molecule has 0 spiro atoms. The van der Waals surface area contributed by atoms with Crippen molar-refractivity contribution in [2.45, 2.75) is 16.5 Å². The van der Waals surface area contributed by atoms with E-state index in [2.05, 4.69) is 34.5 Å². The van der Waals surface area contributed by atoms with Crippen LogP contribution in [0.3, 0.4) is 0 Å². The molecule has 1 aromatic carbocycles. The Bertz CT molecular complexity index is 363. The lowest BCUT2D eigenvalue weighted by molar-refractivity contribution is -0.679. The number of hydrogen-bond acceptors (Lipinski definition) is 3. The maximum atomic E-state index is 9.60. The van der Waals surface area contributed by atoms with Crippen LogP contribution in [0, 0.1) is 0 Å². The fourth-order valence-electron chi connectivity index (χ4n) is 2.08. The SMILES string of the molecule is OC1C[NH2+]C2Sc3ccccc3N2C1.[Cl-]. The number of nitrogens with two attached hydrogens (primary N) is 1. The number of quaternary nitrogens is 1. The summed E-state index contributed by atoms with van der Waals surface area (Å²) in [6.45, 7) is 1.59. The molecule has 0 bridgehead atoms. The summed E-state index contributed by atoms with van der Waals surface area (Å²) in [6, 6.07) is 8.41. The molecule has 15 heavy (non-hydrogen) atoms. The van der Waals surface area contributed by atoms with Gasteiger partial charge in [0.2, 0.25) is 5.50 Å². The molecule has 0 aliphatic carbocycles. The summed E-state index contributed by atoms with van der Waals surface area (Å²) >= 11 is 1.88. The lowest BCUT2D eigenvalue weighted by Gasteiger charge is -2.31. The van der Waals surface area contributed by atoms with E-state index in [0.29, 0.717) is 5.50 Å². The van der Waals surface area contributed by atoms with Crippen molar-refractivity contribution in [2.24, 2.45) is 0 Å². The number of anilines is 1. The van der Waals surface area contributed by atoms with Gasteiger partial charge in [-0.1, -0.05) is 12.1 Å². The van der Waals surface area contributed by atoms with Gasteiger partial charge in [0.05, 0.1) is 12.2 Å². The molecule has 0 aromatic heterocycles. The molecule has 2 unspecified atom stereocenters. The number of para-hydroxylation sites is 1.